The molecule has 20 heavy (non-hydrogen) atoms. The third-order valence-electron chi connectivity index (χ3n) is 2.31. The summed E-state index contributed by atoms with van der Waals surface area (Å²) >= 11 is 5.98. The molecule has 0 radical (unpaired) electrons. The van der Waals surface area contributed by atoms with E-state index in [1.807, 2.05) is 0 Å². The van der Waals surface area contributed by atoms with E-state index < -0.39 is 11.9 Å². The normalized spacial score (nSPS) is 9.35. The van der Waals surface area contributed by atoms with Gasteiger partial charge in [0.1, 0.15) is 6.42 Å². The molecule has 5 nitrogen and oxygen atoms in total. The van der Waals surface area contributed by atoms with Crippen molar-refractivity contribution in [3.8, 4) is 11.8 Å². The first-order valence-corrected chi connectivity index (χ1v) is 6.19. The maximum absolute atomic E-state index is 11.5. The van der Waals surface area contributed by atoms with Gasteiger partial charge in [-0.2, -0.15) is 0 Å². The number of anilines is 1. The van der Waals surface area contributed by atoms with E-state index in [4.69, 9.17) is 22.1 Å². The van der Waals surface area contributed by atoms with Gasteiger partial charge in [-0.3, -0.25) is 4.79 Å². The van der Waals surface area contributed by atoms with Crippen LogP contribution in [0.5, 0.6) is 0 Å². The number of ether oxygens (including phenoxy) is 2. The lowest BCUT2D eigenvalue weighted by Gasteiger charge is -2.05. The average Bonchev–Trinajstić information content (AvgIpc) is 2.40. The number of nitrogens with two attached hydrogens (primary N) is 1. The van der Waals surface area contributed by atoms with Crippen molar-refractivity contribution >= 4 is 29.2 Å². The first kappa shape index (κ1) is 15.9. The molecule has 0 aliphatic rings. The highest BCUT2D eigenvalue weighted by Gasteiger charge is 2.12. The third-order valence-corrected chi connectivity index (χ3v) is 2.62. The third kappa shape index (κ3) is 4.18. The predicted molar refractivity (Wildman–Crippen MR) is 75.3 cm³/mol. The summed E-state index contributed by atoms with van der Waals surface area (Å²) in [6, 6.07) is 2.85. The van der Waals surface area contributed by atoms with E-state index in [1.165, 1.54) is 19.2 Å². The van der Waals surface area contributed by atoms with Crippen molar-refractivity contribution in [2.24, 2.45) is 0 Å². The summed E-state index contributed by atoms with van der Waals surface area (Å²) in [5, 5.41) is 0.298. The number of benzene rings is 1. The number of hydrogen-bond donors (Lipinski definition) is 1. The van der Waals surface area contributed by atoms with Gasteiger partial charge in [0.25, 0.3) is 0 Å². The monoisotopic (exact) mass is 295 g/mol. The second-order valence-electron chi connectivity index (χ2n) is 3.69. The van der Waals surface area contributed by atoms with Crippen molar-refractivity contribution in [1.29, 1.82) is 0 Å². The van der Waals surface area contributed by atoms with Crippen LogP contribution < -0.4 is 5.73 Å². The average molecular weight is 296 g/mol. The van der Waals surface area contributed by atoms with Crippen LogP contribution in [0.4, 0.5) is 5.69 Å². The summed E-state index contributed by atoms with van der Waals surface area (Å²) in [5.74, 6) is 4.34. The Morgan fingerprint density at radius 3 is 2.70 bits per heavy atom. The van der Waals surface area contributed by atoms with Gasteiger partial charge < -0.3 is 15.2 Å². The molecule has 0 saturated heterocycles. The zero-order chi connectivity index (χ0) is 15.1. The second-order valence-corrected chi connectivity index (χ2v) is 4.10. The van der Waals surface area contributed by atoms with Gasteiger partial charge in [-0.15, -0.1) is 0 Å². The Balaban J connectivity index is 2.99. The SMILES string of the molecule is CCOC(=O)CC#Cc1cc(C(=O)OC)c(N)cc1Cl. The lowest BCUT2D eigenvalue weighted by atomic mass is 10.1. The zero-order valence-electron chi connectivity index (χ0n) is 11.2. The first-order chi connectivity index (χ1) is 9.49. The summed E-state index contributed by atoms with van der Waals surface area (Å²) in [6.45, 7) is 2.01. The minimum absolute atomic E-state index is 0.0535. The Bertz CT molecular complexity index is 587. The van der Waals surface area contributed by atoms with Crippen molar-refractivity contribution in [3.63, 3.8) is 0 Å². The molecule has 0 bridgehead atoms. The van der Waals surface area contributed by atoms with Crippen LogP contribution in [0.25, 0.3) is 0 Å². The van der Waals surface area contributed by atoms with Gasteiger partial charge in [-0.25, -0.2) is 4.79 Å². The van der Waals surface area contributed by atoms with Gasteiger partial charge in [-0.05, 0) is 19.1 Å². The highest BCUT2D eigenvalue weighted by molar-refractivity contribution is 6.32. The Kier molecular flexibility index (Phi) is 5.88. The number of esters is 2. The molecule has 1 aromatic carbocycles. The number of carbonyl (C=O) groups is 2. The fourth-order valence-electron chi connectivity index (χ4n) is 1.39. The molecular weight excluding hydrogens is 282 g/mol. The maximum Gasteiger partial charge on any atom is 0.340 e. The molecule has 0 aliphatic carbocycles. The molecule has 1 rings (SSSR count). The van der Waals surface area contributed by atoms with Gasteiger partial charge in [0.15, 0.2) is 0 Å². The molecule has 0 unspecified atom stereocenters. The molecule has 0 saturated carbocycles. The molecule has 0 aliphatic heterocycles. The Morgan fingerprint density at radius 2 is 2.10 bits per heavy atom. The van der Waals surface area contributed by atoms with Crippen LogP contribution in [-0.4, -0.2) is 25.7 Å². The van der Waals surface area contributed by atoms with Crippen molar-refractivity contribution < 1.29 is 19.1 Å². The summed E-state index contributed by atoms with van der Waals surface area (Å²) in [6.07, 6.45) is -0.0535. The summed E-state index contributed by atoms with van der Waals surface area (Å²) in [7, 11) is 1.25. The molecule has 2 N–H and O–H groups in total. The fourth-order valence-corrected chi connectivity index (χ4v) is 1.61. The van der Waals surface area contributed by atoms with E-state index >= 15 is 0 Å². The van der Waals surface area contributed by atoms with Crippen LogP contribution in [-0.2, 0) is 14.3 Å². The molecule has 0 aromatic heterocycles. The lowest BCUT2D eigenvalue weighted by Crippen LogP contribution is -2.06. The number of rotatable bonds is 3. The minimum Gasteiger partial charge on any atom is -0.465 e. The molecule has 106 valence electrons. The Morgan fingerprint density at radius 1 is 1.40 bits per heavy atom. The lowest BCUT2D eigenvalue weighted by molar-refractivity contribution is -0.141. The number of halogens is 1. The second kappa shape index (κ2) is 7.41. The van der Waals surface area contributed by atoms with Gasteiger partial charge in [0.05, 0.1) is 24.3 Å². The van der Waals surface area contributed by atoms with Gasteiger partial charge in [0, 0.05) is 11.3 Å². The van der Waals surface area contributed by atoms with E-state index in [-0.39, 0.29) is 17.7 Å². The van der Waals surface area contributed by atoms with Crippen LogP contribution in [0.15, 0.2) is 12.1 Å². The van der Waals surface area contributed by atoms with Crippen molar-refractivity contribution in [2.45, 2.75) is 13.3 Å². The predicted octanol–water partition coefficient (Wildman–Crippen LogP) is 2.01. The molecule has 0 amide bonds. The van der Waals surface area contributed by atoms with Gasteiger partial charge in [0.2, 0.25) is 0 Å². The standard InChI is InChI=1S/C14H14ClNO4/c1-3-20-13(17)6-4-5-9-7-10(14(18)19-2)12(16)8-11(9)15/h7-8H,3,6,16H2,1-2H3. The largest absolute Gasteiger partial charge is 0.465 e. The van der Waals surface area contributed by atoms with Crippen LogP contribution >= 0.6 is 11.6 Å². The first-order valence-electron chi connectivity index (χ1n) is 5.81. The number of carbonyl (C=O) groups excluding carboxylic acids is 2. The highest BCUT2D eigenvalue weighted by atomic mass is 35.5. The highest BCUT2D eigenvalue weighted by Crippen LogP contribution is 2.23. The molecule has 0 atom stereocenters. The van der Waals surface area contributed by atoms with Crippen molar-refractivity contribution in [1.82, 2.24) is 0 Å². The van der Waals surface area contributed by atoms with Gasteiger partial charge >= 0.3 is 11.9 Å². The molecule has 1 aromatic rings. The Hall–Kier alpha value is -2.19. The van der Waals surface area contributed by atoms with Gasteiger partial charge in [-0.1, -0.05) is 23.4 Å². The topological polar surface area (TPSA) is 78.6 Å². The van der Waals surface area contributed by atoms with Crippen LogP contribution in [0.1, 0.15) is 29.3 Å². The Labute approximate surface area is 122 Å². The van der Waals surface area contributed by atoms with Crippen LogP contribution in [0.3, 0.4) is 0 Å². The number of hydrogen-bond acceptors (Lipinski definition) is 5. The van der Waals surface area contributed by atoms with Crippen LogP contribution in [0, 0.1) is 11.8 Å². The number of nitrogen functional groups attached to an aromatic ring is 1. The minimum atomic E-state index is -0.576. The van der Waals surface area contributed by atoms with Crippen LogP contribution in [0.2, 0.25) is 5.02 Å². The van der Waals surface area contributed by atoms with E-state index in [0.29, 0.717) is 17.2 Å². The van der Waals surface area contributed by atoms with E-state index in [2.05, 4.69) is 16.6 Å². The smallest absolute Gasteiger partial charge is 0.340 e. The van der Waals surface area contributed by atoms with E-state index in [0.717, 1.165) is 0 Å². The molecule has 6 heteroatoms. The van der Waals surface area contributed by atoms with E-state index in [9.17, 15) is 9.59 Å². The summed E-state index contributed by atoms with van der Waals surface area (Å²) in [5.41, 5.74) is 6.45. The zero-order valence-corrected chi connectivity index (χ0v) is 11.9. The van der Waals surface area contributed by atoms with Crippen molar-refractivity contribution in [2.75, 3.05) is 19.5 Å². The van der Waals surface area contributed by atoms with Crippen molar-refractivity contribution in [3.05, 3.63) is 28.3 Å². The molecule has 0 fully saturated rings. The van der Waals surface area contributed by atoms with E-state index in [1.54, 1.807) is 6.92 Å². The summed E-state index contributed by atoms with van der Waals surface area (Å²) < 4.78 is 9.34. The molecular formula is C14H14ClNO4. The molecule has 0 spiro atoms. The quantitative estimate of drug-likeness (QED) is 0.524. The number of methoxy groups -OCH3 is 1. The molecule has 0 heterocycles. The fraction of sp³-hybridized carbons (Fsp3) is 0.286. The maximum atomic E-state index is 11.5. The summed E-state index contributed by atoms with van der Waals surface area (Å²) in [4.78, 5) is 22.6.